The van der Waals surface area contributed by atoms with Crippen LogP contribution >= 0.6 is 0 Å². The maximum Gasteiger partial charge on any atom is 0.312 e. The number of aryl methyl sites for hydroxylation is 1. The minimum Gasteiger partial charge on any atom is -0.352 e. The first-order valence-electron chi connectivity index (χ1n) is 3.20. The quantitative estimate of drug-likeness (QED) is 0.607. The number of primary amides is 1. The van der Waals surface area contributed by atoms with Crippen molar-refractivity contribution < 1.29 is 4.79 Å². The zero-order chi connectivity index (χ0) is 8.27. The van der Waals surface area contributed by atoms with Gasteiger partial charge in [0.15, 0.2) is 0 Å². The minimum absolute atomic E-state index is 0.422. The van der Waals surface area contributed by atoms with Gasteiger partial charge in [-0.1, -0.05) is 0 Å². The van der Waals surface area contributed by atoms with Gasteiger partial charge in [-0.05, 0) is 6.07 Å². The van der Waals surface area contributed by atoms with Gasteiger partial charge < -0.3 is 11.1 Å². The number of nitrogens with zero attached hydrogens (tertiary/aromatic N) is 2. The van der Waals surface area contributed by atoms with Crippen molar-refractivity contribution in [3.05, 3.63) is 18.0 Å². The van der Waals surface area contributed by atoms with Crippen LogP contribution in [0, 0.1) is 0 Å². The third-order valence-corrected chi connectivity index (χ3v) is 1.37. The molecule has 2 amide bonds. The summed E-state index contributed by atoms with van der Waals surface area (Å²) in [5.74, 6) is 0. The molecule has 0 fully saturated rings. The molecule has 0 saturated heterocycles. The van der Waals surface area contributed by atoms with Gasteiger partial charge in [0.1, 0.15) is 0 Å². The van der Waals surface area contributed by atoms with Crippen molar-refractivity contribution in [2.45, 2.75) is 6.54 Å². The van der Waals surface area contributed by atoms with Gasteiger partial charge in [0.2, 0.25) is 0 Å². The zero-order valence-corrected chi connectivity index (χ0v) is 6.24. The lowest BCUT2D eigenvalue weighted by Gasteiger charge is -2.00. The lowest BCUT2D eigenvalue weighted by molar-refractivity contribution is 0.248. The van der Waals surface area contributed by atoms with E-state index in [2.05, 4.69) is 10.4 Å². The molecule has 0 atom stereocenters. The van der Waals surface area contributed by atoms with Crippen LogP contribution in [0.15, 0.2) is 12.3 Å². The first-order valence-corrected chi connectivity index (χ1v) is 3.20. The van der Waals surface area contributed by atoms with Crippen LogP contribution in [0.4, 0.5) is 4.79 Å². The van der Waals surface area contributed by atoms with Gasteiger partial charge in [-0.3, -0.25) is 4.68 Å². The summed E-state index contributed by atoms with van der Waals surface area (Å²) in [6.07, 6.45) is 1.66. The Morgan fingerprint density at radius 1 is 1.91 bits per heavy atom. The molecule has 5 heteroatoms. The number of aromatic nitrogens is 2. The van der Waals surface area contributed by atoms with Gasteiger partial charge in [-0.15, -0.1) is 0 Å². The number of carbonyl (C=O) groups excluding carboxylic acids is 1. The van der Waals surface area contributed by atoms with E-state index in [1.54, 1.807) is 17.9 Å². The van der Waals surface area contributed by atoms with Crippen LogP contribution in [0.3, 0.4) is 0 Å². The van der Waals surface area contributed by atoms with Crippen LogP contribution in [0.25, 0.3) is 0 Å². The first kappa shape index (κ1) is 7.59. The van der Waals surface area contributed by atoms with Crippen LogP contribution in [0.2, 0.25) is 0 Å². The van der Waals surface area contributed by atoms with E-state index < -0.39 is 6.03 Å². The fourth-order valence-electron chi connectivity index (χ4n) is 0.752. The van der Waals surface area contributed by atoms with Crippen LogP contribution in [0.5, 0.6) is 0 Å². The van der Waals surface area contributed by atoms with Crippen molar-refractivity contribution >= 4 is 6.03 Å². The predicted octanol–water partition coefficient (Wildman–Crippen LogP) is -0.412. The highest BCUT2D eigenvalue weighted by Gasteiger charge is 1.97. The Labute approximate surface area is 64.2 Å². The van der Waals surface area contributed by atoms with Crippen molar-refractivity contribution in [1.82, 2.24) is 15.1 Å². The van der Waals surface area contributed by atoms with Crippen LogP contribution in [0.1, 0.15) is 5.69 Å². The van der Waals surface area contributed by atoms with Crippen LogP contribution in [-0.4, -0.2) is 15.8 Å². The third kappa shape index (κ3) is 1.96. The molecule has 5 nitrogen and oxygen atoms in total. The van der Waals surface area contributed by atoms with E-state index in [9.17, 15) is 4.79 Å². The van der Waals surface area contributed by atoms with E-state index in [-0.39, 0.29) is 0 Å². The Morgan fingerprint density at radius 2 is 2.64 bits per heavy atom. The monoisotopic (exact) mass is 154 g/mol. The molecule has 0 saturated carbocycles. The van der Waals surface area contributed by atoms with E-state index in [0.29, 0.717) is 6.54 Å². The van der Waals surface area contributed by atoms with Gasteiger partial charge in [-0.25, -0.2) is 4.79 Å². The Balaban J connectivity index is 2.51. The van der Waals surface area contributed by atoms with Crippen molar-refractivity contribution in [2.24, 2.45) is 12.8 Å². The smallest absolute Gasteiger partial charge is 0.312 e. The van der Waals surface area contributed by atoms with Gasteiger partial charge in [0.05, 0.1) is 12.2 Å². The molecule has 0 bridgehead atoms. The predicted molar refractivity (Wildman–Crippen MR) is 39.6 cm³/mol. The molecule has 1 aromatic rings. The van der Waals surface area contributed by atoms with Crippen molar-refractivity contribution in [1.29, 1.82) is 0 Å². The van der Waals surface area contributed by atoms with E-state index >= 15 is 0 Å². The normalized spacial score (nSPS) is 9.55. The molecule has 0 unspecified atom stereocenters. The molecule has 0 aliphatic heterocycles. The Hall–Kier alpha value is -1.52. The Bertz CT molecular complexity index is 255. The van der Waals surface area contributed by atoms with E-state index in [4.69, 9.17) is 5.73 Å². The minimum atomic E-state index is -0.522. The molecule has 1 rings (SSSR count). The summed E-state index contributed by atoms with van der Waals surface area (Å²) in [6.45, 7) is 0.422. The summed E-state index contributed by atoms with van der Waals surface area (Å²) in [7, 11) is 1.80. The third-order valence-electron chi connectivity index (χ3n) is 1.37. The standard InChI is InChI=1S/C6H10N4O/c1-10-5(2-3-9-10)4-8-6(7)11/h2-3H,4H2,1H3,(H3,7,8,11). The lowest BCUT2D eigenvalue weighted by atomic mass is 10.4. The van der Waals surface area contributed by atoms with Gasteiger partial charge in [0.25, 0.3) is 0 Å². The van der Waals surface area contributed by atoms with Crippen molar-refractivity contribution in [2.75, 3.05) is 0 Å². The second-order valence-corrected chi connectivity index (χ2v) is 2.16. The van der Waals surface area contributed by atoms with Crippen LogP contribution < -0.4 is 11.1 Å². The van der Waals surface area contributed by atoms with Gasteiger partial charge >= 0.3 is 6.03 Å². The number of nitrogens with two attached hydrogens (primary N) is 1. The Kier molecular flexibility index (Phi) is 2.10. The molecule has 0 aliphatic carbocycles. The van der Waals surface area contributed by atoms with E-state index in [0.717, 1.165) is 5.69 Å². The molecule has 1 heterocycles. The number of carbonyl (C=O) groups is 1. The van der Waals surface area contributed by atoms with Crippen molar-refractivity contribution in [3.63, 3.8) is 0 Å². The number of hydrogen-bond donors (Lipinski definition) is 2. The molecule has 0 spiro atoms. The molecule has 11 heavy (non-hydrogen) atoms. The van der Waals surface area contributed by atoms with Gasteiger partial charge in [0, 0.05) is 13.2 Å². The topological polar surface area (TPSA) is 72.9 Å². The molecule has 0 radical (unpaired) electrons. The summed E-state index contributed by atoms with van der Waals surface area (Å²) in [5.41, 5.74) is 5.80. The number of rotatable bonds is 2. The molecule has 1 aromatic heterocycles. The van der Waals surface area contributed by atoms with E-state index in [1.807, 2.05) is 6.07 Å². The van der Waals surface area contributed by atoms with Crippen molar-refractivity contribution in [3.8, 4) is 0 Å². The zero-order valence-electron chi connectivity index (χ0n) is 6.24. The summed E-state index contributed by atoms with van der Waals surface area (Å²) >= 11 is 0. The summed E-state index contributed by atoms with van der Waals surface area (Å²) in [6, 6.07) is 1.29. The fourth-order valence-corrected chi connectivity index (χ4v) is 0.752. The number of nitrogens with one attached hydrogen (secondary N) is 1. The SMILES string of the molecule is Cn1nccc1CNC(N)=O. The molecular formula is C6H10N4O. The average molecular weight is 154 g/mol. The van der Waals surface area contributed by atoms with E-state index in [1.165, 1.54) is 0 Å². The summed E-state index contributed by atoms with van der Waals surface area (Å²) in [5, 5.41) is 6.39. The average Bonchev–Trinajstić information content (AvgIpc) is 2.31. The largest absolute Gasteiger partial charge is 0.352 e. The molecule has 3 N–H and O–H groups in total. The molecule has 0 aromatic carbocycles. The number of amides is 2. The summed E-state index contributed by atoms with van der Waals surface area (Å²) < 4.78 is 1.68. The molecular weight excluding hydrogens is 144 g/mol. The first-order chi connectivity index (χ1) is 5.20. The highest BCUT2D eigenvalue weighted by molar-refractivity contribution is 5.71. The molecule has 60 valence electrons. The number of hydrogen-bond acceptors (Lipinski definition) is 2. The second-order valence-electron chi connectivity index (χ2n) is 2.16. The Morgan fingerprint density at radius 3 is 3.09 bits per heavy atom. The highest BCUT2D eigenvalue weighted by Crippen LogP contribution is 1.93. The molecule has 0 aliphatic rings. The maximum absolute atomic E-state index is 10.3. The lowest BCUT2D eigenvalue weighted by Crippen LogP contribution is -2.29. The highest BCUT2D eigenvalue weighted by atomic mass is 16.2. The second kappa shape index (κ2) is 3.05. The fraction of sp³-hybridized carbons (Fsp3) is 0.333. The van der Waals surface area contributed by atoms with Gasteiger partial charge in [-0.2, -0.15) is 5.10 Å². The van der Waals surface area contributed by atoms with Crippen LogP contribution in [-0.2, 0) is 13.6 Å². The maximum atomic E-state index is 10.3. The summed E-state index contributed by atoms with van der Waals surface area (Å²) in [4.78, 5) is 10.3. The number of urea groups is 1.